The minimum Gasteiger partial charge on any atom is -0.508 e. The first-order valence-corrected chi connectivity index (χ1v) is 9.19. The van der Waals surface area contributed by atoms with Crippen LogP contribution in [0.3, 0.4) is 0 Å². The summed E-state index contributed by atoms with van der Waals surface area (Å²) in [5.74, 6) is 0.921. The number of phenolic OH excluding ortho intramolecular Hbond substituents is 1. The van der Waals surface area contributed by atoms with E-state index >= 15 is 0 Å². The Kier molecular flexibility index (Phi) is 4.54. The highest BCUT2D eigenvalue weighted by Crippen LogP contribution is 2.24. The molecule has 2 heterocycles. The van der Waals surface area contributed by atoms with Gasteiger partial charge in [0.25, 0.3) is 5.56 Å². The van der Waals surface area contributed by atoms with Crippen molar-refractivity contribution in [3.05, 3.63) is 80.8 Å². The van der Waals surface area contributed by atoms with E-state index in [1.54, 1.807) is 6.07 Å². The lowest BCUT2D eigenvalue weighted by molar-refractivity contribution is 0.237. The molecule has 2 N–H and O–H groups in total. The molecule has 3 aromatic rings. The van der Waals surface area contributed by atoms with E-state index < -0.39 is 0 Å². The van der Waals surface area contributed by atoms with E-state index in [0.29, 0.717) is 31.1 Å². The van der Waals surface area contributed by atoms with E-state index in [2.05, 4.69) is 9.88 Å². The molecule has 0 atom stereocenters. The minimum absolute atomic E-state index is 0.0476. The number of aromatic nitrogens is 2. The molecule has 0 radical (unpaired) electrons. The molecule has 1 aliphatic heterocycles. The Hall–Kier alpha value is -2.92. The van der Waals surface area contributed by atoms with E-state index in [0.717, 1.165) is 34.5 Å². The van der Waals surface area contributed by atoms with Gasteiger partial charge in [-0.2, -0.15) is 0 Å². The van der Waals surface area contributed by atoms with Crippen molar-refractivity contribution in [3.8, 4) is 17.1 Å². The number of fused-ring (bicyclic) bond motifs is 1. The fraction of sp³-hybridized carbons (Fsp3) is 0.273. The average molecular weight is 361 g/mol. The zero-order valence-corrected chi connectivity index (χ0v) is 15.6. The van der Waals surface area contributed by atoms with Gasteiger partial charge in [-0.3, -0.25) is 9.69 Å². The highest BCUT2D eigenvalue weighted by molar-refractivity contribution is 5.55. The second kappa shape index (κ2) is 7.00. The number of hydrogen-bond acceptors (Lipinski definition) is 4. The molecule has 5 nitrogen and oxygen atoms in total. The van der Waals surface area contributed by atoms with Gasteiger partial charge in [-0.05, 0) is 26.3 Å². The Bertz CT molecular complexity index is 1040. The summed E-state index contributed by atoms with van der Waals surface area (Å²) in [4.78, 5) is 22.4. The van der Waals surface area contributed by atoms with Gasteiger partial charge in [0.1, 0.15) is 11.6 Å². The summed E-state index contributed by atoms with van der Waals surface area (Å²) in [7, 11) is 0. The van der Waals surface area contributed by atoms with Crippen molar-refractivity contribution in [1.29, 1.82) is 0 Å². The molecule has 0 amide bonds. The summed E-state index contributed by atoms with van der Waals surface area (Å²) < 4.78 is 0. The van der Waals surface area contributed by atoms with Gasteiger partial charge in [0, 0.05) is 36.3 Å². The van der Waals surface area contributed by atoms with Crippen LogP contribution >= 0.6 is 0 Å². The quantitative estimate of drug-likeness (QED) is 0.751. The Labute approximate surface area is 158 Å². The summed E-state index contributed by atoms with van der Waals surface area (Å²) in [5, 5.41) is 10.1. The summed E-state index contributed by atoms with van der Waals surface area (Å²) in [5.41, 5.74) is 5.66. The summed E-state index contributed by atoms with van der Waals surface area (Å²) in [6, 6.07) is 13.6. The van der Waals surface area contributed by atoms with E-state index in [1.807, 2.05) is 50.2 Å². The molecule has 0 bridgehead atoms. The van der Waals surface area contributed by atoms with Crippen LogP contribution < -0.4 is 5.56 Å². The number of H-pyrrole nitrogens is 1. The highest BCUT2D eigenvalue weighted by atomic mass is 16.3. The smallest absolute Gasteiger partial charge is 0.254 e. The SMILES string of the molecule is Cc1ccc(-c2nc3c(c(=O)[nH]2)CCN(Cc2cc(C)ccc2O)C3)cc1. The first-order chi connectivity index (χ1) is 13.0. The van der Waals surface area contributed by atoms with Crippen molar-refractivity contribution in [2.75, 3.05) is 6.54 Å². The van der Waals surface area contributed by atoms with Gasteiger partial charge in [0.15, 0.2) is 0 Å². The van der Waals surface area contributed by atoms with Gasteiger partial charge < -0.3 is 10.1 Å². The first kappa shape index (κ1) is 17.5. The van der Waals surface area contributed by atoms with Crippen LogP contribution in [0.4, 0.5) is 0 Å². The lowest BCUT2D eigenvalue weighted by Gasteiger charge is -2.28. The Morgan fingerprint density at radius 3 is 2.63 bits per heavy atom. The fourth-order valence-corrected chi connectivity index (χ4v) is 3.56. The maximum absolute atomic E-state index is 12.5. The van der Waals surface area contributed by atoms with E-state index in [1.165, 1.54) is 5.56 Å². The van der Waals surface area contributed by atoms with Crippen molar-refractivity contribution in [3.63, 3.8) is 0 Å². The lowest BCUT2D eigenvalue weighted by Crippen LogP contribution is -2.35. The van der Waals surface area contributed by atoms with Gasteiger partial charge in [-0.25, -0.2) is 4.98 Å². The van der Waals surface area contributed by atoms with Crippen molar-refractivity contribution < 1.29 is 5.11 Å². The van der Waals surface area contributed by atoms with Crippen LogP contribution in [-0.2, 0) is 19.5 Å². The molecule has 138 valence electrons. The summed E-state index contributed by atoms with van der Waals surface area (Å²) >= 11 is 0. The van der Waals surface area contributed by atoms with Crippen molar-refractivity contribution in [1.82, 2.24) is 14.9 Å². The molecule has 0 saturated carbocycles. The number of aryl methyl sites for hydroxylation is 2. The van der Waals surface area contributed by atoms with Crippen LogP contribution in [0.1, 0.15) is 27.9 Å². The molecule has 5 heteroatoms. The van der Waals surface area contributed by atoms with Gasteiger partial charge >= 0.3 is 0 Å². The molecule has 0 spiro atoms. The topological polar surface area (TPSA) is 69.2 Å². The maximum atomic E-state index is 12.5. The molecular weight excluding hydrogens is 338 g/mol. The van der Waals surface area contributed by atoms with E-state index in [-0.39, 0.29) is 5.56 Å². The minimum atomic E-state index is -0.0476. The Morgan fingerprint density at radius 1 is 1.11 bits per heavy atom. The number of rotatable bonds is 3. The molecule has 4 rings (SSSR count). The molecule has 0 saturated heterocycles. The molecule has 1 aromatic heterocycles. The second-order valence-corrected chi connectivity index (χ2v) is 7.30. The van der Waals surface area contributed by atoms with Gasteiger partial charge in [0.05, 0.1) is 5.69 Å². The Balaban J connectivity index is 1.62. The molecule has 0 aliphatic carbocycles. The number of hydrogen-bond donors (Lipinski definition) is 2. The van der Waals surface area contributed by atoms with Gasteiger partial charge in [0.2, 0.25) is 0 Å². The normalized spacial score (nSPS) is 14.1. The summed E-state index contributed by atoms with van der Waals surface area (Å²) in [6.07, 6.45) is 0.665. The summed E-state index contributed by atoms with van der Waals surface area (Å²) in [6.45, 7) is 6.07. The predicted molar refractivity (Wildman–Crippen MR) is 106 cm³/mol. The monoisotopic (exact) mass is 361 g/mol. The third kappa shape index (κ3) is 3.64. The molecule has 2 aromatic carbocycles. The zero-order chi connectivity index (χ0) is 19.0. The molecule has 0 fully saturated rings. The zero-order valence-electron chi connectivity index (χ0n) is 15.6. The van der Waals surface area contributed by atoms with Crippen molar-refractivity contribution in [2.45, 2.75) is 33.4 Å². The van der Waals surface area contributed by atoms with Crippen LogP contribution in [0.25, 0.3) is 11.4 Å². The first-order valence-electron chi connectivity index (χ1n) is 9.19. The lowest BCUT2D eigenvalue weighted by atomic mass is 10.0. The standard InChI is InChI=1S/C22H23N3O2/c1-14-3-6-16(7-4-14)21-23-19-13-25(10-9-18(19)22(27)24-21)12-17-11-15(2)5-8-20(17)26/h3-8,11,26H,9-10,12-13H2,1-2H3,(H,23,24,27). The number of aromatic hydroxyl groups is 1. The van der Waals surface area contributed by atoms with Crippen LogP contribution in [0, 0.1) is 13.8 Å². The molecular formula is C22H23N3O2. The van der Waals surface area contributed by atoms with Gasteiger partial charge in [-0.1, -0.05) is 47.5 Å². The van der Waals surface area contributed by atoms with Crippen LogP contribution in [0.2, 0.25) is 0 Å². The van der Waals surface area contributed by atoms with Crippen LogP contribution in [0.15, 0.2) is 47.3 Å². The molecule has 27 heavy (non-hydrogen) atoms. The number of benzene rings is 2. The van der Waals surface area contributed by atoms with Crippen molar-refractivity contribution >= 4 is 0 Å². The number of phenols is 1. The Morgan fingerprint density at radius 2 is 1.85 bits per heavy atom. The predicted octanol–water partition coefficient (Wildman–Crippen LogP) is 3.32. The molecule has 0 unspecified atom stereocenters. The van der Waals surface area contributed by atoms with Gasteiger partial charge in [-0.15, -0.1) is 0 Å². The number of aromatic amines is 1. The fourth-order valence-electron chi connectivity index (χ4n) is 3.56. The third-order valence-electron chi connectivity index (χ3n) is 5.11. The van der Waals surface area contributed by atoms with E-state index in [4.69, 9.17) is 4.98 Å². The largest absolute Gasteiger partial charge is 0.508 e. The van der Waals surface area contributed by atoms with Crippen molar-refractivity contribution in [2.24, 2.45) is 0 Å². The van der Waals surface area contributed by atoms with Crippen LogP contribution in [-0.4, -0.2) is 26.5 Å². The number of nitrogens with zero attached hydrogens (tertiary/aromatic N) is 2. The maximum Gasteiger partial charge on any atom is 0.254 e. The van der Waals surface area contributed by atoms with Crippen LogP contribution in [0.5, 0.6) is 5.75 Å². The average Bonchev–Trinajstić information content (AvgIpc) is 2.65. The third-order valence-corrected chi connectivity index (χ3v) is 5.11. The van der Waals surface area contributed by atoms with E-state index in [9.17, 15) is 9.90 Å². The number of nitrogens with one attached hydrogen (secondary N) is 1. The molecule has 1 aliphatic rings. The highest BCUT2D eigenvalue weighted by Gasteiger charge is 2.22. The second-order valence-electron chi connectivity index (χ2n) is 7.30.